The number of benzene rings is 1. The minimum absolute atomic E-state index is 0.0580. The van der Waals surface area contributed by atoms with E-state index in [1.165, 1.54) is 0 Å². The minimum Gasteiger partial charge on any atom is -0.393 e. The Labute approximate surface area is 137 Å². The Morgan fingerprint density at radius 1 is 1.04 bits per heavy atom. The van der Waals surface area contributed by atoms with Crippen LogP contribution in [0.1, 0.15) is 32.1 Å². The van der Waals surface area contributed by atoms with Crippen molar-refractivity contribution in [1.29, 1.82) is 0 Å². The molecule has 0 bridgehead atoms. The lowest BCUT2D eigenvalue weighted by atomic mass is 10.0. The van der Waals surface area contributed by atoms with Gasteiger partial charge in [-0.1, -0.05) is 18.2 Å². The lowest BCUT2D eigenvalue weighted by molar-refractivity contribution is -0.137. The SMILES string of the molecule is O=C([C@@H]1CC[C@@H](S(=O)(=O)c2ccccc2)C1)N1CCC(O)CC1. The van der Waals surface area contributed by atoms with Gasteiger partial charge in [0.05, 0.1) is 16.2 Å². The second-order valence-corrected chi connectivity index (χ2v) is 8.77. The van der Waals surface area contributed by atoms with Crippen molar-refractivity contribution in [3.63, 3.8) is 0 Å². The average Bonchev–Trinajstić information content (AvgIpc) is 3.06. The van der Waals surface area contributed by atoms with Gasteiger partial charge in [-0.15, -0.1) is 0 Å². The molecule has 0 spiro atoms. The van der Waals surface area contributed by atoms with Crippen LogP contribution in [0.3, 0.4) is 0 Å². The molecule has 3 rings (SSSR count). The number of likely N-dealkylation sites (tertiary alicyclic amines) is 1. The summed E-state index contributed by atoms with van der Waals surface area (Å²) in [7, 11) is -3.36. The number of carbonyl (C=O) groups is 1. The van der Waals surface area contributed by atoms with Crippen LogP contribution < -0.4 is 0 Å². The van der Waals surface area contributed by atoms with Gasteiger partial charge in [0.1, 0.15) is 0 Å². The van der Waals surface area contributed by atoms with Crippen LogP contribution in [0, 0.1) is 5.92 Å². The number of piperidine rings is 1. The monoisotopic (exact) mass is 337 g/mol. The van der Waals surface area contributed by atoms with E-state index in [1.807, 2.05) is 0 Å². The summed E-state index contributed by atoms with van der Waals surface area (Å²) in [6.07, 6.45) is 2.51. The number of aliphatic hydroxyl groups excluding tert-OH is 1. The van der Waals surface area contributed by atoms with E-state index in [0.29, 0.717) is 50.1 Å². The zero-order valence-electron chi connectivity index (χ0n) is 13.1. The first-order chi connectivity index (χ1) is 11.0. The molecule has 1 heterocycles. The van der Waals surface area contributed by atoms with Gasteiger partial charge in [-0.2, -0.15) is 0 Å². The van der Waals surface area contributed by atoms with Gasteiger partial charge in [0.25, 0.3) is 0 Å². The fourth-order valence-corrected chi connectivity index (χ4v) is 5.45. The Hall–Kier alpha value is -1.40. The number of rotatable bonds is 3. The summed E-state index contributed by atoms with van der Waals surface area (Å²) in [5.41, 5.74) is 0. The zero-order valence-corrected chi connectivity index (χ0v) is 13.9. The second-order valence-electron chi connectivity index (χ2n) is 6.55. The molecule has 1 N–H and O–H groups in total. The maximum atomic E-state index is 12.7. The standard InChI is InChI=1S/C17H23NO4S/c19-14-8-10-18(11-9-14)17(20)13-6-7-16(12-13)23(21,22)15-4-2-1-3-5-15/h1-5,13-14,16,19H,6-12H2/t13-,16-/m1/s1. The van der Waals surface area contributed by atoms with Crippen LogP contribution in [0.4, 0.5) is 0 Å². The Bertz CT molecular complexity index is 650. The van der Waals surface area contributed by atoms with Crippen molar-refractivity contribution < 1.29 is 18.3 Å². The van der Waals surface area contributed by atoms with Gasteiger partial charge in [0.15, 0.2) is 9.84 Å². The van der Waals surface area contributed by atoms with E-state index in [4.69, 9.17) is 0 Å². The van der Waals surface area contributed by atoms with E-state index < -0.39 is 15.1 Å². The molecule has 1 aromatic carbocycles. The number of carbonyl (C=O) groups excluding carboxylic acids is 1. The molecule has 1 saturated heterocycles. The van der Waals surface area contributed by atoms with Crippen molar-refractivity contribution in [3.8, 4) is 0 Å². The van der Waals surface area contributed by atoms with Gasteiger partial charge in [-0.3, -0.25) is 4.79 Å². The van der Waals surface area contributed by atoms with Crippen molar-refractivity contribution in [2.45, 2.75) is 48.4 Å². The second kappa shape index (κ2) is 6.61. The van der Waals surface area contributed by atoms with E-state index in [0.717, 1.165) is 0 Å². The van der Waals surface area contributed by atoms with Crippen molar-refractivity contribution in [3.05, 3.63) is 30.3 Å². The summed E-state index contributed by atoms with van der Waals surface area (Å²) >= 11 is 0. The normalized spacial score (nSPS) is 26.4. The molecule has 126 valence electrons. The number of aliphatic hydroxyl groups is 1. The van der Waals surface area contributed by atoms with E-state index in [-0.39, 0.29) is 17.9 Å². The highest BCUT2D eigenvalue weighted by atomic mass is 32.2. The van der Waals surface area contributed by atoms with E-state index >= 15 is 0 Å². The summed E-state index contributed by atoms with van der Waals surface area (Å²) in [6, 6.07) is 8.49. The average molecular weight is 337 g/mol. The largest absolute Gasteiger partial charge is 0.393 e. The fraction of sp³-hybridized carbons (Fsp3) is 0.588. The van der Waals surface area contributed by atoms with Crippen LogP contribution >= 0.6 is 0 Å². The maximum Gasteiger partial charge on any atom is 0.225 e. The van der Waals surface area contributed by atoms with Gasteiger partial charge in [0, 0.05) is 19.0 Å². The molecule has 0 aromatic heterocycles. The third kappa shape index (κ3) is 3.43. The molecule has 23 heavy (non-hydrogen) atoms. The Morgan fingerprint density at radius 2 is 1.70 bits per heavy atom. The van der Waals surface area contributed by atoms with E-state index in [2.05, 4.69) is 0 Å². The van der Waals surface area contributed by atoms with Gasteiger partial charge in [-0.05, 0) is 44.2 Å². The van der Waals surface area contributed by atoms with Crippen molar-refractivity contribution >= 4 is 15.7 Å². The molecule has 1 saturated carbocycles. The maximum absolute atomic E-state index is 12.7. The molecule has 1 aliphatic heterocycles. The fourth-order valence-electron chi connectivity index (χ4n) is 3.59. The third-order valence-electron chi connectivity index (χ3n) is 5.02. The predicted molar refractivity (Wildman–Crippen MR) is 86.6 cm³/mol. The molecule has 1 aliphatic carbocycles. The van der Waals surface area contributed by atoms with Crippen LogP contribution in [0.25, 0.3) is 0 Å². The van der Waals surface area contributed by atoms with Crippen molar-refractivity contribution in [2.24, 2.45) is 5.92 Å². The van der Waals surface area contributed by atoms with Crippen LogP contribution in [-0.4, -0.2) is 48.8 Å². The number of amides is 1. The van der Waals surface area contributed by atoms with Crippen molar-refractivity contribution in [1.82, 2.24) is 4.90 Å². The first-order valence-corrected chi connectivity index (χ1v) is 9.79. The smallest absolute Gasteiger partial charge is 0.225 e. The highest BCUT2D eigenvalue weighted by molar-refractivity contribution is 7.92. The molecule has 0 unspecified atom stereocenters. The lowest BCUT2D eigenvalue weighted by Crippen LogP contribution is -2.42. The highest BCUT2D eigenvalue weighted by Gasteiger charge is 2.39. The molecule has 2 aliphatic rings. The summed E-state index contributed by atoms with van der Waals surface area (Å²) in [5, 5.41) is 9.07. The number of sulfone groups is 1. The predicted octanol–water partition coefficient (Wildman–Crippen LogP) is 1.61. The molecule has 6 heteroatoms. The van der Waals surface area contributed by atoms with Gasteiger partial charge in [-0.25, -0.2) is 8.42 Å². The first-order valence-electron chi connectivity index (χ1n) is 8.24. The Morgan fingerprint density at radius 3 is 2.35 bits per heavy atom. The number of hydrogen-bond acceptors (Lipinski definition) is 4. The lowest BCUT2D eigenvalue weighted by Gasteiger charge is -2.31. The van der Waals surface area contributed by atoms with E-state index in [9.17, 15) is 18.3 Å². The summed E-state index contributed by atoms with van der Waals surface area (Å²) in [5.74, 6) is -0.142. The highest BCUT2D eigenvalue weighted by Crippen LogP contribution is 2.35. The van der Waals surface area contributed by atoms with Crippen LogP contribution in [0.15, 0.2) is 35.2 Å². The molecule has 2 fully saturated rings. The molecular weight excluding hydrogens is 314 g/mol. The summed E-state index contributed by atoms with van der Waals surface area (Å²) in [4.78, 5) is 14.7. The summed E-state index contributed by atoms with van der Waals surface area (Å²) in [6.45, 7) is 1.15. The van der Waals surface area contributed by atoms with Crippen LogP contribution in [0.2, 0.25) is 0 Å². The van der Waals surface area contributed by atoms with Crippen LogP contribution in [-0.2, 0) is 14.6 Å². The summed E-state index contributed by atoms with van der Waals surface area (Å²) < 4.78 is 25.3. The minimum atomic E-state index is -3.36. The topological polar surface area (TPSA) is 74.7 Å². The molecule has 2 atom stereocenters. The molecule has 1 amide bonds. The zero-order chi connectivity index (χ0) is 16.4. The molecule has 1 aromatic rings. The van der Waals surface area contributed by atoms with Crippen molar-refractivity contribution in [2.75, 3.05) is 13.1 Å². The Balaban J connectivity index is 1.65. The number of hydrogen-bond donors (Lipinski definition) is 1. The molecule has 5 nitrogen and oxygen atoms in total. The quantitative estimate of drug-likeness (QED) is 0.909. The third-order valence-corrected chi connectivity index (χ3v) is 7.26. The van der Waals surface area contributed by atoms with Gasteiger partial charge < -0.3 is 10.0 Å². The molecule has 0 radical (unpaired) electrons. The van der Waals surface area contributed by atoms with Gasteiger partial charge >= 0.3 is 0 Å². The number of nitrogens with zero attached hydrogens (tertiary/aromatic N) is 1. The molecular formula is C17H23NO4S. The van der Waals surface area contributed by atoms with E-state index in [1.54, 1.807) is 35.2 Å². The van der Waals surface area contributed by atoms with Crippen LogP contribution in [0.5, 0.6) is 0 Å². The first kappa shape index (κ1) is 16.5. The van der Waals surface area contributed by atoms with Gasteiger partial charge in [0.2, 0.25) is 5.91 Å². The Kier molecular flexibility index (Phi) is 4.73.